The molecular weight excluding hydrogens is 404 g/mol. The van der Waals surface area contributed by atoms with Crippen molar-refractivity contribution in [3.63, 3.8) is 0 Å². The molecule has 29 heavy (non-hydrogen) atoms. The number of aliphatic carboxylic acids is 3. The zero-order chi connectivity index (χ0) is 22.8. The molecule has 14 heteroatoms. The molecule has 0 bridgehead atoms. The summed E-state index contributed by atoms with van der Waals surface area (Å²) in [6.07, 6.45) is -5.54. The molecule has 0 aliphatic heterocycles. The van der Waals surface area contributed by atoms with Crippen molar-refractivity contribution in [2.24, 2.45) is 0 Å². The highest BCUT2D eigenvalue weighted by molar-refractivity contribution is 5.76. The van der Waals surface area contributed by atoms with Gasteiger partial charge in [-0.3, -0.25) is 19.2 Å². The van der Waals surface area contributed by atoms with Crippen molar-refractivity contribution in [2.75, 3.05) is 26.4 Å². The third-order valence-electron chi connectivity index (χ3n) is 2.67. The molecule has 0 spiro atoms. The first-order chi connectivity index (χ1) is 13.5. The Bertz CT molecular complexity index is 477. The molecule has 0 amide bonds. The molecular formula is C15H26O14. The van der Waals surface area contributed by atoms with Crippen LogP contribution in [-0.2, 0) is 33.4 Å². The number of hydrogen-bond acceptors (Lipinski definition) is 11. The second-order valence-electron chi connectivity index (χ2n) is 5.21. The molecule has 2 atom stereocenters. The summed E-state index contributed by atoms with van der Waals surface area (Å²) in [6.45, 7) is -1.39. The second-order valence-corrected chi connectivity index (χ2v) is 5.21. The first kappa shape index (κ1) is 28.8. The number of carbonyl (C=O) groups is 4. The lowest BCUT2D eigenvalue weighted by atomic mass is 10.2. The predicted molar refractivity (Wildman–Crippen MR) is 89.3 cm³/mol. The van der Waals surface area contributed by atoms with Gasteiger partial charge in [0.1, 0.15) is 6.61 Å². The molecule has 0 saturated heterocycles. The summed E-state index contributed by atoms with van der Waals surface area (Å²) in [5.41, 5.74) is 0. The van der Waals surface area contributed by atoms with Crippen molar-refractivity contribution in [2.45, 2.75) is 44.4 Å². The molecule has 0 heterocycles. The minimum Gasteiger partial charge on any atom is -0.481 e. The highest BCUT2D eigenvalue weighted by Crippen LogP contribution is 2.06. The van der Waals surface area contributed by atoms with Gasteiger partial charge in [0.05, 0.1) is 51.6 Å². The molecule has 0 aromatic carbocycles. The van der Waals surface area contributed by atoms with Gasteiger partial charge in [-0.1, -0.05) is 0 Å². The van der Waals surface area contributed by atoms with E-state index in [0.29, 0.717) is 0 Å². The zero-order valence-electron chi connectivity index (χ0n) is 15.4. The van der Waals surface area contributed by atoms with E-state index < -0.39 is 68.6 Å². The van der Waals surface area contributed by atoms with E-state index in [2.05, 4.69) is 14.2 Å². The third-order valence-corrected chi connectivity index (χ3v) is 2.67. The van der Waals surface area contributed by atoms with Crippen LogP contribution in [0.4, 0.5) is 0 Å². The maximum atomic E-state index is 10.8. The minimum absolute atomic E-state index is 0.0550. The van der Waals surface area contributed by atoms with Gasteiger partial charge in [0, 0.05) is 0 Å². The van der Waals surface area contributed by atoms with Gasteiger partial charge >= 0.3 is 23.9 Å². The quantitative estimate of drug-likeness (QED) is 0.0798. The number of carbonyl (C=O) groups excluding carboxylic acids is 1. The largest absolute Gasteiger partial charge is 0.481 e. The van der Waals surface area contributed by atoms with E-state index in [9.17, 15) is 19.2 Å². The van der Waals surface area contributed by atoms with Gasteiger partial charge < -0.3 is 50.0 Å². The zero-order valence-corrected chi connectivity index (χ0v) is 15.4. The summed E-state index contributed by atoms with van der Waals surface area (Å²) in [4.78, 5) is 41.4. The smallest absolute Gasteiger partial charge is 0.306 e. The number of aliphatic hydroxyl groups is 4. The Kier molecular flexibility index (Phi) is 17.6. The van der Waals surface area contributed by atoms with E-state index >= 15 is 0 Å². The fourth-order valence-corrected chi connectivity index (χ4v) is 1.50. The fraction of sp³-hybridized carbons (Fsp3) is 0.733. The van der Waals surface area contributed by atoms with Gasteiger partial charge in [0.25, 0.3) is 0 Å². The van der Waals surface area contributed by atoms with E-state index in [1.807, 2.05) is 0 Å². The molecule has 0 fully saturated rings. The Morgan fingerprint density at radius 1 is 0.724 bits per heavy atom. The Hall–Kier alpha value is -2.36. The van der Waals surface area contributed by atoms with Crippen molar-refractivity contribution < 1.29 is 69.1 Å². The average molecular weight is 430 g/mol. The van der Waals surface area contributed by atoms with Crippen molar-refractivity contribution >= 4 is 23.9 Å². The van der Waals surface area contributed by atoms with Crippen LogP contribution >= 0.6 is 0 Å². The molecule has 0 aliphatic rings. The van der Waals surface area contributed by atoms with E-state index in [0.717, 1.165) is 0 Å². The maximum absolute atomic E-state index is 10.8. The topological polar surface area (TPSA) is 238 Å². The normalized spacial score (nSPS) is 12.4. The van der Waals surface area contributed by atoms with Crippen LogP contribution in [0.2, 0.25) is 0 Å². The molecule has 0 aliphatic carbocycles. The van der Waals surface area contributed by atoms with Crippen molar-refractivity contribution in [3.05, 3.63) is 0 Å². The second kappa shape index (κ2) is 17.7. The average Bonchev–Trinajstić information content (AvgIpc) is 2.62. The highest BCUT2D eigenvalue weighted by Gasteiger charge is 2.20. The number of ether oxygens (including phenoxy) is 3. The first-order valence-corrected chi connectivity index (χ1v) is 8.17. The standard InChI is InChI=1S/C8H14O7.C7H12O7/c9-5-8(13)15-4-3-14-7(12)2-1-6(10)11;8-3-7(13)14-4(1-5(9)10)2-6(11)12/h8-9,13H,1-5H2,(H,10,11);4,7-8,13H,1-3H2,(H,9,10)(H,11,12). The van der Waals surface area contributed by atoms with E-state index in [1.165, 1.54) is 0 Å². The number of rotatable bonds is 15. The van der Waals surface area contributed by atoms with Crippen molar-refractivity contribution in [1.29, 1.82) is 0 Å². The van der Waals surface area contributed by atoms with Crippen LogP contribution in [0.25, 0.3) is 0 Å². The SMILES string of the molecule is O=C(O)CC(CC(=O)O)OC(O)CO.O=C(O)CCC(=O)OCCOC(O)CO. The van der Waals surface area contributed by atoms with Gasteiger partial charge in [-0.05, 0) is 0 Å². The summed E-state index contributed by atoms with van der Waals surface area (Å²) >= 11 is 0. The van der Waals surface area contributed by atoms with E-state index in [4.69, 9.17) is 35.7 Å². The van der Waals surface area contributed by atoms with Crippen LogP contribution in [0, 0.1) is 0 Å². The van der Waals surface area contributed by atoms with Gasteiger partial charge in [-0.2, -0.15) is 0 Å². The van der Waals surface area contributed by atoms with Gasteiger partial charge in [0.15, 0.2) is 12.6 Å². The molecule has 170 valence electrons. The Morgan fingerprint density at radius 2 is 1.24 bits per heavy atom. The van der Waals surface area contributed by atoms with Crippen LogP contribution in [0.5, 0.6) is 0 Å². The van der Waals surface area contributed by atoms with Crippen LogP contribution < -0.4 is 0 Å². The Labute approximate surface area is 164 Å². The lowest BCUT2D eigenvalue weighted by Crippen LogP contribution is -2.28. The number of carboxylic acids is 3. The lowest BCUT2D eigenvalue weighted by molar-refractivity contribution is -0.172. The number of aliphatic hydroxyl groups excluding tert-OH is 4. The molecule has 0 rings (SSSR count). The van der Waals surface area contributed by atoms with Crippen LogP contribution in [0.15, 0.2) is 0 Å². The minimum atomic E-state index is -1.56. The molecule has 0 aromatic rings. The molecule has 0 radical (unpaired) electrons. The molecule has 0 aromatic heterocycles. The molecule has 0 saturated carbocycles. The Morgan fingerprint density at radius 3 is 1.66 bits per heavy atom. The van der Waals surface area contributed by atoms with Gasteiger partial charge in [-0.15, -0.1) is 0 Å². The van der Waals surface area contributed by atoms with Gasteiger partial charge in [0.2, 0.25) is 0 Å². The molecule has 7 N–H and O–H groups in total. The first-order valence-electron chi connectivity index (χ1n) is 8.17. The lowest BCUT2D eigenvalue weighted by Gasteiger charge is -2.16. The fourth-order valence-electron chi connectivity index (χ4n) is 1.50. The summed E-state index contributed by atoms with van der Waals surface area (Å²) in [5, 5.41) is 59.2. The number of hydrogen-bond donors (Lipinski definition) is 7. The van der Waals surface area contributed by atoms with Crippen molar-refractivity contribution in [1.82, 2.24) is 0 Å². The van der Waals surface area contributed by atoms with Crippen LogP contribution in [-0.4, -0.2) is 105 Å². The summed E-state index contributed by atoms with van der Waals surface area (Å²) in [5.74, 6) is -4.18. The van der Waals surface area contributed by atoms with Gasteiger partial charge in [-0.25, -0.2) is 0 Å². The van der Waals surface area contributed by atoms with Crippen LogP contribution in [0.1, 0.15) is 25.7 Å². The molecule has 2 unspecified atom stereocenters. The molecule has 14 nitrogen and oxygen atoms in total. The Balaban J connectivity index is 0. The third kappa shape index (κ3) is 21.8. The predicted octanol–water partition coefficient (Wildman–Crippen LogP) is -2.65. The summed E-state index contributed by atoms with van der Waals surface area (Å²) < 4.78 is 13.7. The van der Waals surface area contributed by atoms with E-state index in [1.54, 1.807) is 0 Å². The maximum Gasteiger partial charge on any atom is 0.306 e. The van der Waals surface area contributed by atoms with Crippen LogP contribution in [0.3, 0.4) is 0 Å². The summed E-state index contributed by atoms with van der Waals surface area (Å²) in [6, 6.07) is 0. The highest BCUT2D eigenvalue weighted by atomic mass is 16.6. The number of carboxylic acid groups (broad SMARTS) is 3. The monoisotopic (exact) mass is 430 g/mol. The van der Waals surface area contributed by atoms with Crippen molar-refractivity contribution in [3.8, 4) is 0 Å². The number of esters is 1. The van der Waals surface area contributed by atoms with E-state index in [-0.39, 0.29) is 26.1 Å². The summed E-state index contributed by atoms with van der Waals surface area (Å²) in [7, 11) is 0.